The maximum atomic E-state index is 16.0. The molecule has 11 bridgehead atoms. The third kappa shape index (κ3) is 15.5. The van der Waals surface area contributed by atoms with Gasteiger partial charge in [-0.1, -0.05) is 49.2 Å². The predicted molar refractivity (Wildman–Crippen MR) is 351 cm³/mol. The van der Waals surface area contributed by atoms with Crippen molar-refractivity contribution < 1.29 is 123 Å². The molecule has 0 saturated carbocycles. The molecular weight excluding hydrogens is 1390 g/mol. The van der Waals surface area contributed by atoms with Crippen LogP contribution in [0.15, 0.2) is 72.8 Å². The fourth-order valence-corrected chi connectivity index (χ4v) is 13.0. The van der Waals surface area contributed by atoms with Crippen molar-refractivity contribution in [3.63, 3.8) is 0 Å². The lowest BCUT2D eigenvalue weighted by molar-refractivity contribution is -0.333. The summed E-state index contributed by atoms with van der Waals surface area (Å²) >= 11 is 14.0. The minimum atomic E-state index is -2.50. The van der Waals surface area contributed by atoms with Gasteiger partial charge in [-0.2, -0.15) is 0 Å². The molecule has 7 heterocycles. The van der Waals surface area contributed by atoms with Crippen molar-refractivity contribution in [3.05, 3.63) is 111 Å². The first kappa shape index (κ1) is 75.3. The Morgan fingerprint density at radius 2 is 1.37 bits per heavy atom. The second kappa shape index (κ2) is 30.3. The predicted octanol–water partition coefficient (Wildman–Crippen LogP) is -0.188. The number of ether oxygens (including phenoxy) is 6. The number of halogens is 2. The molecule has 2 fully saturated rings. The van der Waals surface area contributed by atoms with E-state index in [1.165, 1.54) is 27.0 Å². The number of carbonyl (C=O) groups excluding carboxylic acids is 7. The Morgan fingerprint density at radius 3 is 2.01 bits per heavy atom. The molecule has 36 heteroatoms. The maximum absolute atomic E-state index is 16.0. The van der Waals surface area contributed by atoms with Gasteiger partial charge in [0.15, 0.2) is 29.9 Å². The average molecular weight is 1470 g/mol. The average Bonchev–Trinajstić information content (AvgIpc) is 0.767. The second-order valence-electron chi connectivity index (χ2n) is 25.8. The Morgan fingerprint density at radius 1 is 0.725 bits per heavy atom. The lowest BCUT2D eigenvalue weighted by Gasteiger charge is -2.47. The van der Waals surface area contributed by atoms with Gasteiger partial charge in [-0.05, 0) is 105 Å². The molecule has 22 N–H and O–H groups in total. The minimum Gasteiger partial charge on any atom is -0.508 e. The van der Waals surface area contributed by atoms with E-state index in [9.17, 15) is 80.1 Å². The molecule has 12 rings (SSSR count). The first-order chi connectivity index (χ1) is 48.1. The highest BCUT2D eigenvalue weighted by atomic mass is 35.5. The van der Waals surface area contributed by atoms with Crippen LogP contribution in [-0.2, 0) is 52.6 Å². The minimum absolute atomic E-state index is 0.108. The third-order valence-electron chi connectivity index (χ3n) is 17.9. The number of carboxylic acids is 1. The monoisotopic (exact) mass is 1460 g/mol. The van der Waals surface area contributed by atoms with Crippen LogP contribution in [0.4, 0.5) is 0 Å². The molecule has 0 spiro atoms. The van der Waals surface area contributed by atoms with Crippen LogP contribution in [0.25, 0.3) is 11.1 Å². The molecule has 0 aliphatic carbocycles. The molecule has 7 aliphatic heterocycles. The first-order valence-corrected chi connectivity index (χ1v) is 32.5. The van der Waals surface area contributed by atoms with Crippen LogP contribution >= 0.6 is 23.2 Å². The van der Waals surface area contributed by atoms with Crippen molar-refractivity contribution in [1.82, 2.24) is 37.2 Å². The number of primary amides is 1. The highest BCUT2D eigenvalue weighted by Crippen LogP contribution is 2.51. The fourth-order valence-electron chi connectivity index (χ4n) is 12.6. The van der Waals surface area contributed by atoms with Crippen LogP contribution in [0.1, 0.15) is 105 Å². The largest absolute Gasteiger partial charge is 0.508 e. The zero-order valence-corrected chi connectivity index (χ0v) is 56.2. The van der Waals surface area contributed by atoms with Gasteiger partial charge in [0.05, 0.1) is 36.3 Å². The number of hydrogen-bond donors (Lipinski definition) is 20. The lowest BCUT2D eigenvalue weighted by atomic mass is 9.86. The number of carboxylic acid groups (broad SMARTS) is 1. The van der Waals surface area contributed by atoms with Crippen molar-refractivity contribution in [2.45, 2.75) is 156 Å². The van der Waals surface area contributed by atoms with Crippen LogP contribution in [0.5, 0.6) is 51.7 Å². The van der Waals surface area contributed by atoms with Crippen molar-refractivity contribution >= 4 is 70.5 Å². The zero-order valence-electron chi connectivity index (χ0n) is 54.7. The number of phenolic OH excluding ortho intramolecular Hbond substituents is 4. The molecule has 5 aromatic rings. The van der Waals surface area contributed by atoms with Gasteiger partial charge in [0.1, 0.15) is 100 Å². The first-order valence-electron chi connectivity index (χ1n) is 31.8. The molecule has 7 amide bonds. The molecule has 102 heavy (non-hydrogen) atoms. The summed E-state index contributed by atoms with van der Waals surface area (Å²) in [5.74, 6) is -18.1. The van der Waals surface area contributed by atoms with Gasteiger partial charge in [-0.15, -0.1) is 0 Å². The SMILES string of the molecule is CN[C@H](CC(C)C)C(=O)N[C@H]1C(=O)N[C@@H](CC(N)=O)C(=O)N[C@H]2C(=O)N[C@H]3C(=O)N[C@H](C(=O)N[C@H](C(=O)O)c4cc(O)cc(O)c4-c4cc3ccc4O)[C@H](O)c3ccc(c(Cl)c3O)Oc3cc2cc(c3O[C@@H]2O[C@H](CO)[C@@H](O)[C@H](O)[C@H]2O[C@H]2C[C@](C)(N)[C@H](O)[C@H](C)O2)Oc2ccc(cc2Cl)[C@H]1O. The quantitative estimate of drug-likeness (QED) is 0.0726. The topological polar surface area (TPSA) is 551 Å². The van der Waals surface area contributed by atoms with Gasteiger partial charge in [0.25, 0.3) is 0 Å². The van der Waals surface area contributed by atoms with Crippen molar-refractivity contribution in [2.75, 3.05) is 13.7 Å². The van der Waals surface area contributed by atoms with Crippen molar-refractivity contribution in [3.8, 4) is 62.9 Å². The van der Waals surface area contributed by atoms with Gasteiger partial charge < -0.3 is 133 Å². The summed E-state index contributed by atoms with van der Waals surface area (Å²) in [6, 6.07) is -2.86. The van der Waals surface area contributed by atoms with Crippen LogP contribution in [0, 0.1) is 5.92 Å². The van der Waals surface area contributed by atoms with Gasteiger partial charge >= 0.3 is 5.97 Å². The van der Waals surface area contributed by atoms with Crippen molar-refractivity contribution in [2.24, 2.45) is 17.4 Å². The van der Waals surface area contributed by atoms with E-state index in [2.05, 4.69) is 37.2 Å². The molecule has 34 nitrogen and oxygen atoms in total. The number of aromatic hydroxyl groups is 4. The van der Waals surface area contributed by atoms with E-state index in [0.717, 1.165) is 66.7 Å². The highest BCUT2D eigenvalue weighted by Gasteiger charge is 2.52. The van der Waals surface area contributed by atoms with E-state index in [1.807, 2.05) is 13.8 Å². The molecule has 7 aliphatic rings. The number of benzene rings is 5. The smallest absolute Gasteiger partial charge is 0.330 e. The number of fused-ring (bicyclic) bond motifs is 15. The number of aliphatic hydroxyl groups excluding tert-OH is 6. The molecule has 2 saturated heterocycles. The van der Waals surface area contributed by atoms with Crippen molar-refractivity contribution in [1.29, 1.82) is 0 Å². The number of nitrogens with two attached hydrogens (primary N) is 2. The molecule has 18 atom stereocenters. The molecule has 0 aromatic heterocycles. The van der Waals surface area contributed by atoms with Gasteiger partial charge in [-0.3, -0.25) is 33.6 Å². The Kier molecular flexibility index (Phi) is 22.3. The van der Waals surface area contributed by atoms with E-state index < -0.39 is 259 Å². The number of aliphatic carboxylic acids is 1. The van der Waals surface area contributed by atoms with E-state index >= 15 is 14.4 Å². The standard InChI is InChI=1S/C66H75Cl2N9O25/c1-22(2)12-32(71-5)58(89)76-48-50(83)25-7-10-36(31(67)14-25)98-38-15-26-16-39(55(38)102-65-56(54(87)53(86)40(21-78)100-65)101-42-20-66(4,70)57(88)23(3)97-42)99-37-11-8-28(51(84)44(37)68)52(85)49-63(94)75-47(64(95)96)30-17-27(79)18-35(81)43(30)29-13-24(6-9-34(29)80)45(60(91)77-49)74-61(92)46(26)73-59(90)33(19-41(69)82)72-62(48)93/h6-11,13-18,22-23,32-33,40,42,45-50,52-54,56-57,65,71,78-81,83-88H,12,19-21,70H2,1-5H3,(H2,69,82)(H,72,93)(H,73,90)(H,74,92)(H,75,94)(H,76,89)(H,77,91)(H,95,96)/t23-,32+,33-,40+,42-,45+,46+,47-,48+,49-,50+,52+,53+,54-,56+,57+,65-,66-/m0/s1. The lowest BCUT2D eigenvalue weighted by Crippen LogP contribution is -2.64. The molecule has 0 radical (unpaired) electrons. The Balaban J connectivity index is 1.25. The Bertz CT molecular complexity index is 4130. The summed E-state index contributed by atoms with van der Waals surface area (Å²) < 4.78 is 38.1. The summed E-state index contributed by atoms with van der Waals surface area (Å²) in [7, 11) is 1.46. The normalized spacial score (nSPS) is 29.3. The Labute approximate surface area is 589 Å². The number of nitrogens with one attached hydrogen (secondary N) is 7. The molecule has 5 aromatic carbocycles. The Hall–Kier alpha value is -9.40. The zero-order chi connectivity index (χ0) is 74.4. The highest BCUT2D eigenvalue weighted by molar-refractivity contribution is 6.33. The maximum Gasteiger partial charge on any atom is 0.330 e. The second-order valence-corrected chi connectivity index (χ2v) is 26.6. The summed E-state index contributed by atoms with van der Waals surface area (Å²) in [6.45, 7) is 5.58. The van der Waals surface area contributed by atoms with E-state index in [4.69, 9.17) is 63.1 Å². The van der Waals surface area contributed by atoms with Gasteiger partial charge in [0.2, 0.25) is 53.4 Å². The number of carbonyl (C=O) groups is 8. The molecular formula is C66H75Cl2N9O25. The summed E-state index contributed by atoms with van der Waals surface area (Å²) in [4.78, 5) is 117. The van der Waals surface area contributed by atoms with Crippen LogP contribution < -0.4 is 62.9 Å². The number of likely N-dealkylation sites (N-methyl/N-ethyl adjacent to an activating group) is 1. The van der Waals surface area contributed by atoms with Gasteiger partial charge in [-0.25, -0.2) is 4.79 Å². The fraction of sp³-hybridized carbons (Fsp3) is 0.424. The van der Waals surface area contributed by atoms with E-state index in [-0.39, 0.29) is 30.1 Å². The van der Waals surface area contributed by atoms with E-state index in [1.54, 1.807) is 0 Å². The number of amides is 7. The summed E-state index contributed by atoms with van der Waals surface area (Å²) in [5, 5.41) is 142. The van der Waals surface area contributed by atoms with Crippen LogP contribution in [0.3, 0.4) is 0 Å². The van der Waals surface area contributed by atoms with Crippen LogP contribution in [0.2, 0.25) is 10.0 Å². The summed E-state index contributed by atoms with van der Waals surface area (Å²) in [5.41, 5.74) is 7.32. The number of rotatable bonds is 13. The number of phenols is 4. The third-order valence-corrected chi connectivity index (χ3v) is 18.6. The van der Waals surface area contributed by atoms with E-state index in [0.29, 0.717) is 0 Å². The molecule has 548 valence electrons. The van der Waals surface area contributed by atoms with Crippen LogP contribution in [-0.4, -0.2) is 196 Å². The number of aliphatic hydroxyl groups is 6. The summed E-state index contributed by atoms with van der Waals surface area (Å²) in [6.07, 6.45) is -19.2. The van der Waals surface area contributed by atoms with Gasteiger partial charge in [0, 0.05) is 40.3 Å². The number of hydrogen-bond acceptors (Lipinski definition) is 26. The molecule has 0 unspecified atom stereocenters.